The number of amides is 3. The van der Waals surface area contributed by atoms with Crippen molar-refractivity contribution in [1.82, 2.24) is 0 Å². The van der Waals surface area contributed by atoms with Gasteiger partial charge in [0.2, 0.25) is 0 Å². The summed E-state index contributed by atoms with van der Waals surface area (Å²) in [6.07, 6.45) is -0.797. The number of benzene rings is 1. The average Bonchev–Trinajstić information content (AvgIpc) is 2.70. The van der Waals surface area contributed by atoms with Gasteiger partial charge in [0.05, 0.1) is 24.0 Å². The second-order valence-corrected chi connectivity index (χ2v) is 7.80. The van der Waals surface area contributed by atoms with Crippen molar-refractivity contribution in [3.8, 4) is 0 Å². The van der Waals surface area contributed by atoms with Crippen molar-refractivity contribution in [2.45, 2.75) is 12.5 Å². The zero-order valence-electron chi connectivity index (χ0n) is 10.9. The van der Waals surface area contributed by atoms with Crippen molar-refractivity contribution in [1.29, 1.82) is 0 Å². The van der Waals surface area contributed by atoms with E-state index in [2.05, 4.69) is 0 Å². The number of carbonyl (C=O) groups excluding carboxylic acids is 3. The maximum Gasteiger partial charge on any atom is 0.255 e. The first-order valence-electron chi connectivity index (χ1n) is 5.98. The molecule has 0 radical (unpaired) electrons. The monoisotopic (exact) mass is 641 g/mol. The minimum absolute atomic E-state index is 0.152. The molecule has 1 aliphatic rings. The SMILES string of the molecule is NC(=O)c1c(I)c(C(N)=O)c(I)c(N2CCC(O)C2=O)c1I. The zero-order chi connectivity index (χ0) is 16.8. The van der Waals surface area contributed by atoms with Crippen LogP contribution in [0, 0.1) is 10.7 Å². The highest BCUT2D eigenvalue weighted by atomic mass is 127. The van der Waals surface area contributed by atoms with Gasteiger partial charge in [-0.25, -0.2) is 0 Å². The molecule has 1 atom stereocenters. The van der Waals surface area contributed by atoms with E-state index in [0.29, 0.717) is 22.9 Å². The van der Waals surface area contributed by atoms with Crippen LogP contribution in [0.15, 0.2) is 0 Å². The zero-order valence-corrected chi connectivity index (χ0v) is 17.4. The average molecular weight is 641 g/mol. The number of halogens is 3. The van der Waals surface area contributed by atoms with Crippen molar-refractivity contribution in [2.24, 2.45) is 11.5 Å². The number of nitrogens with two attached hydrogens (primary N) is 2. The molecule has 7 nitrogen and oxygen atoms in total. The number of anilines is 1. The Morgan fingerprint density at radius 2 is 1.50 bits per heavy atom. The second-order valence-electron chi connectivity index (χ2n) is 4.56. The van der Waals surface area contributed by atoms with Crippen molar-refractivity contribution >= 4 is 91.2 Å². The number of carbonyl (C=O) groups is 3. The lowest BCUT2D eigenvalue weighted by molar-refractivity contribution is -0.124. The highest BCUT2D eigenvalue weighted by Gasteiger charge is 2.36. The van der Waals surface area contributed by atoms with E-state index in [0.717, 1.165) is 0 Å². The lowest BCUT2D eigenvalue weighted by atomic mass is 10.1. The number of nitrogens with zero attached hydrogens (tertiary/aromatic N) is 1. The molecule has 1 saturated heterocycles. The highest BCUT2D eigenvalue weighted by Crippen LogP contribution is 2.39. The summed E-state index contributed by atoms with van der Waals surface area (Å²) in [5, 5.41) is 9.64. The van der Waals surface area contributed by atoms with Crippen molar-refractivity contribution in [2.75, 3.05) is 11.4 Å². The molecule has 5 N–H and O–H groups in total. The van der Waals surface area contributed by atoms with Crippen LogP contribution in [0.25, 0.3) is 0 Å². The van der Waals surface area contributed by atoms with E-state index in [-0.39, 0.29) is 17.5 Å². The van der Waals surface area contributed by atoms with E-state index in [1.807, 2.05) is 67.8 Å². The largest absolute Gasteiger partial charge is 0.383 e. The quantitative estimate of drug-likeness (QED) is 0.423. The fourth-order valence-electron chi connectivity index (χ4n) is 2.21. The predicted molar refractivity (Wildman–Crippen MR) is 105 cm³/mol. The summed E-state index contributed by atoms with van der Waals surface area (Å²) in [5.74, 6) is -1.88. The van der Waals surface area contributed by atoms with Crippen LogP contribution >= 0.6 is 67.8 Å². The minimum atomic E-state index is -1.08. The summed E-state index contributed by atoms with van der Waals surface area (Å²) in [7, 11) is 0. The van der Waals surface area contributed by atoms with E-state index < -0.39 is 23.8 Å². The molecule has 0 bridgehead atoms. The molecule has 1 heterocycles. The highest BCUT2D eigenvalue weighted by molar-refractivity contribution is 14.1. The minimum Gasteiger partial charge on any atom is -0.383 e. The topological polar surface area (TPSA) is 127 Å². The van der Waals surface area contributed by atoms with Gasteiger partial charge in [-0.2, -0.15) is 0 Å². The summed E-state index contributed by atoms with van der Waals surface area (Å²) in [6.45, 7) is 0.295. The van der Waals surface area contributed by atoms with Crippen molar-refractivity contribution < 1.29 is 19.5 Å². The molecule has 2 rings (SSSR count). The van der Waals surface area contributed by atoms with Gasteiger partial charge < -0.3 is 21.5 Å². The predicted octanol–water partition coefficient (Wildman–Crippen LogP) is 0.796. The van der Waals surface area contributed by atoms with Crippen LogP contribution in [0.4, 0.5) is 5.69 Å². The summed E-state index contributed by atoms with van der Waals surface area (Å²) in [4.78, 5) is 37.0. The lowest BCUT2D eigenvalue weighted by Gasteiger charge is -2.23. The van der Waals surface area contributed by atoms with Crippen molar-refractivity contribution in [3.05, 3.63) is 21.8 Å². The van der Waals surface area contributed by atoms with E-state index in [4.69, 9.17) is 11.5 Å². The number of hydrogen-bond donors (Lipinski definition) is 3. The Kier molecular flexibility index (Phi) is 5.54. The molecule has 0 saturated carbocycles. The molecule has 0 aromatic heterocycles. The van der Waals surface area contributed by atoms with Gasteiger partial charge in [-0.1, -0.05) is 0 Å². The Morgan fingerprint density at radius 3 is 1.82 bits per heavy atom. The maximum atomic E-state index is 12.1. The van der Waals surface area contributed by atoms with Gasteiger partial charge >= 0.3 is 0 Å². The third-order valence-corrected chi connectivity index (χ3v) is 6.41. The third kappa shape index (κ3) is 2.93. The summed E-state index contributed by atoms with van der Waals surface area (Å²) in [5.41, 5.74) is 11.5. The molecule has 1 aromatic rings. The van der Waals surface area contributed by atoms with Crippen LogP contribution in [0.2, 0.25) is 0 Å². The van der Waals surface area contributed by atoms with Gasteiger partial charge in [0.1, 0.15) is 6.10 Å². The van der Waals surface area contributed by atoms with E-state index in [9.17, 15) is 19.5 Å². The Balaban J connectivity index is 2.81. The van der Waals surface area contributed by atoms with Crippen molar-refractivity contribution in [3.63, 3.8) is 0 Å². The van der Waals surface area contributed by atoms with Gasteiger partial charge in [0.15, 0.2) is 0 Å². The third-order valence-electron chi connectivity index (χ3n) is 3.23. The molecular formula is C12H10I3N3O4. The fraction of sp³-hybridized carbons (Fsp3) is 0.250. The number of primary amides is 2. The number of aliphatic hydroxyl groups excluding tert-OH is 1. The van der Waals surface area contributed by atoms with Crippen LogP contribution in [0.1, 0.15) is 27.1 Å². The van der Waals surface area contributed by atoms with E-state index >= 15 is 0 Å². The molecule has 118 valence electrons. The summed E-state index contributed by atoms with van der Waals surface area (Å²) < 4.78 is 1.29. The van der Waals surface area contributed by atoms with Gasteiger partial charge in [-0.05, 0) is 67.8 Å². The lowest BCUT2D eigenvalue weighted by Crippen LogP contribution is -2.33. The number of rotatable bonds is 3. The van der Waals surface area contributed by atoms with Gasteiger partial charge in [-0.15, -0.1) is 0 Å². The van der Waals surface area contributed by atoms with E-state index in [1.54, 1.807) is 0 Å². The van der Waals surface area contributed by atoms with Crippen LogP contribution in [0.5, 0.6) is 0 Å². The van der Waals surface area contributed by atoms with Crippen LogP contribution in [-0.2, 0) is 4.79 Å². The molecule has 0 spiro atoms. The molecule has 0 aliphatic carbocycles. The van der Waals surface area contributed by atoms with Gasteiger partial charge in [0.25, 0.3) is 17.7 Å². The molecule has 22 heavy (non-hydrogen) atoms. The first-order chi connectivity index (χ1) is 10.2. The normalized spacial score (nSPS) is 17.9. The molecule has 1 aliphatic heterocycles. The van der Waals surface area contributed by atoms with Crippen LogP contribution in [-0.4, -0.2) is 35.5 Å². The maximum absolute atomic E-state index is 12.1. The number of aliphatic hydroxyl groups is 1. The fourth-order valence-corrected chi connectivity index (χ4v) is 7.02. The summed E-state index contributed by atoms with van der Waals surface area (Å²) in [6, 6.07) is 0. The first kappa shape index (κ1) is 18.1. The molecule has 1 fully saturated rings. The van der Waals surface area contributed by atoms with Gasteiger partial charge in [0, 0.05) is 16.5 Å². The second kappa shape index (κ2) is 6.72. The van der Waals surface area contributed by atoms with Crippen LogP contribution in [0.3, 0.4) is 0 Å². The molecular weight excluding hydrogens is 631 g/mol. The summed E-state index contributed by atoms with van der Waals surface area (Å²) >= 11 is 5.68. The molecule has 1 unspecified atom stereocenters. The standard InChI is InChI=1S/C12H10I3N3O4/c13-6-4(10(16)20)7(14)9(8(15)5(6)11(17)21)18-2-1-3(19)12(18)22/h3,19H,1-2H2,(H2,16,20)(H2,17,21). The van der Waals surface area contributed by atoms with Gasteiger partial charge in [-0.3, -0.25) is 14.4 Å². The van der Waals surface area contributed by atoms with E-state index in [1.165, 1.54) is 4.90 Å². The molecule has 3 amide bonds. The Morgan fingerprint density at radius 1 is 1.05 bits per heavy atom. The number of hydrogen-bond acceptors (Lipinski definition) is 4. The Hall–Kier alpha value is -0.220. The molecule has 10 heteroatoms. The Labute approximate surface area is 166 Å². The van der Waals surface area contributed by atoms with Crippen LogP contribution < -0.4 is 16.4 Å². The molecule has 1 aromatic carbocycles. The smallest absolute Gasteiger partial charge is 0.255 e. The first-order valence-corrected chi connectivity index (χ1v) is 9.21. The Bertz CT molecular complexity index is 666.